The molecule has 0 fully saturated rings. The molecule has 0 aliphatic carbocycles. The number of benzene rings is 1. The number of carbonyl (C=O) groups excluding carboxylic acids is 1. The summed E-state index contributed by atoms with van der Waals surface area (Å²) in [7, 11) is 0. The molecule has 0 saturated carbocycles. The number of amides is 1. The number of rotatable bonds is 4. The van der Waals surface area contributed by atoms with Crippen molar-refractivity contribution in [3.8, 4) is 0 Å². The first-order chi connectivity index (χ1) is 9.06. The molecular formula is C15H16BrNOS. The van der Waals surface area contributed by atoms with Gasteiger partial charge in [-0.1, -0.05) is 26.0 Å². The molecule has 1 aromatic carbocycles. The van der Waals surface area contributed by atoms with Gasteiger partial charge in [0.25, 0.3) is 5.91 Å². The zero-order valence-electron chi connectivity index (χ0n) is 10.9. The second-order valence-corrected chi connectivity index (χ2v) is 6.60. The standard InChI is InChI=1S/C15H16BrNOS/c1-10(2)11-3-5-12(6-4-11)15(18)17-8-14-7-13(16)9-19-14/h3-7,9-10H,8H2,1-2H3,(H,17,18). The minimum Gasteiger partial charge on any atom is -0.347 e. The van der Waals surface area contributed by atoms with Crippen LogP contribution >= 0.6 is 27.3 Å². The molecular weight excluding hydrogens is 322 g/mol. The van der Waals surface area contributed by atoms with Crippen molar-refractivity contribution < 1.29 is 4.79 Å². The van der Waals surface area contributed by atoms with Gasteiger partial charge < -0.3 is 5.32 Å². The molecule has 19 heavy (non-hydrogen) atoms. The van der Waals surface area contributed by atoms with Crippen LogP contribution in [0.1, 0.15) is 40.6 Å². The Balaban J connectivity index is 1.96. The molecule has 0 unspecified atom stereocenters. The summed E-state index contributed by atoms with van der Waals surface area (Å²) in [5, 5.41) is 4.94. The third-order valence-electron chi connectivity index (χ3n) is 2.88. The summed E-state index contributed by atoms with van der Waals surface area (Å²) in [6, 6.07) is 9.82. The van der Waals surface area contributed by atoms with E-state index in [-0.39, 0.29) is 5.91 Å². The van der Waals surface area contributed by atoms with E-state index >= 15 is 0 Å². The maximum atomic E-state index is 12.0. The number of carbonyl (C=O) groups is 1. The highest BCUT2D eigenvalue weighted by atomic mass is 79.9. The lowest BCUT2D eigenvalue weighted by Gasteiger charge is -2.07. The number of thiophene rings is 1. The molecule has 1 N–H and O–H groups in total. The largest absolute Gasteiger partial charge is 0.347 e. The van der Waals surface area contributed by atoms with Crippen LogP contribution in [0.25, 0.3) is 0 Å². The predicted octanol–water partition coefficient (Wildman–Crippen LogP) is 4.56. The molecule has 0 aliphatic heterocycles. The Hall–Kier alpha value is -1.13. The van der Waals surface area contributed by atoms with E-state index in [0.29, 0.717) is 18.0 Å². The molecule has 2 aromatic rings. The van der Waals surface area contributed by atoms with E-state index in [0.717, 1.165) is 9.35 Å². The summed E-state index contributed by atoms with van der Waals surface area (Å²) in [6.07, 6.45) is 0. The fourth-order valence-corrected chi connectivity index (χ4v) is 3.13. The minimum absolute atomic E-state index is 0.0279. The predicted molar refractivity (Wildman–Crippen MR) is 83.7 cm³/mol. The minimum atomic E-state index is -0.0279. The second kappa shape index (κ2) is 6.35. The lowest BCUT2D eigenvalue weighted by atomic mass is 10.0. The van der Waals surface area contributed by atoms with Gasteiger partial charge in [-0.25, -0.2) is 0 Å². The molecule has 2 nitrogen and oxygen atoms in total. The highest BCUT2D eigenvalue weighted by molar-refractivity contribution is 9.10. The van der Waals surface area contributed by atoms with Gasteiger partial charge in [-0.3, -0.25) is 4.79 Å². The molecule has 0 bridgehead atoms. The molecule has 0 aliphatic rings. The lowest BCUT2D eigenvalue weighted by Crippen LogP contribution is -2.22. The molecule has 2 rings (SSSR count). The first kappa shape index (κ1) is 14.3. The highest BCUT2D eigenvalue weighted by Gasteiger charge is 2.07. The second-order valence-electron chi connectivity index (χ2n) is 4.69. The van der Waals surface area contributed by atoms with Crippen LogP contribution in [0.2, 0.25) is 0 Å². The third kappa shape index (κ3) is 3.91. The van der Waals surface area contributed by atoms with E-state index in [1.54, 1.807) is 11.3 Å². The quantitative estimate of drug-likeness (QED) is 0.870. The highest BCUT2D eigenvalue weighted by Crippen LogP contribution is 2.19. The molecule has 100 valence electrons. The van der Waals surface area contributed by atoms with Gasteiger partial charge >= 0.3 is 0 Å². The molecule has 1 heterocycles. The Morgan fingerprint density at radius 3 is 2.53 bits per heavy atom. The van der Waals surface area contributed by atoms with Crippen molar-refractivity contribution in [2.45, 2.75) is 26.3 Å². The van der Waals surface area contributed by atoms with Crippen molar-refractivity contribution in [1.29, 1.82) is 0 Å². The van der Waals surface area contributed by atoms with Gasteiger partial charge in [0.2, 0.25) is 0 Å². The van der Waals surface area contributed by atoms with E-state index in [2.05, 4.69) is 35.1 Å². The van der Waals surface area contributed by atoms with Crippen LogP contribution in [0, 0.1) is 0 Å². The van der Waals surface area contributed by atoms with Crippen molar-refractivity contribution in [3.05, 3.63) is 56.2 Å². The van der Waals surface area contributed by atoms with Crippen molar-refractivity contribution >= 4 is 33.2 Å². The summed E-state index contributed by atoms with van der Waals surface area (Å²) in [4.78, 5) is 13.1. The molecule has 0 atom stereocenters. The molecule has 1 amide bonds. The van der Waals surface area contributed by atoms with Crippen molar-refractivity contribution in [2.75, 3.05) is 0 Å². The maximum Gasteiger partial charge on any atom is 0.251 e. The zero-order chi connectivity index (χ0) is 13.8. The molecule has 0 radical (unpaired) electrons. The molecule has 4 heteroatoms. The van der Waals surface area contributed by atoms with Crippen LogP contribution in [0.3, 0.4) is 0 Å². The van der Waals surface area contributed by atoms with E-state index in [1.807, 2.05) is 35.7 Å². The summed E-state index contributed by atoms with van der Waals surface area (Å²) < 4.78 is 1.06. The monoisotopic (exact) mass is 337 g/mol. The summed E-state index contributed by atoms with van der Waals surface area (Å²) >= 11 is 5.03. The molecule has 0 spiro atoms. The van der Waals surface area contributed by atoms with Crippen LogP contribution in [0.5, 0.6) is 0 Å². The first-order valence-corrected chi connectivity index (χ1v) is 7.84. The molecule has 0 saturated heterocycles. The van der Waals surface area contributed by atoms with E-state index in [4.69, 9.17) is 0 Å². The van der Waals surface area contributed by atoms with E-state index in [9.17, 15) is 4.79 Å². The normalized spacial score (nSPS) is 10.7. The van der Waals surface area contributed by atoms with Gasteiger partial charge in [-0.15, -0.1) is 11.3 Å². The van der Waals surface area contributed by atoms with E-state index in [1.165, 1.54) is 5.56 Å². The average Bonchev–Trinajstić information content (AvgIpc) is 2.82. The van der Waals surface area contributed by atoms with Crippen LogP contribution in [-0.4, -0.2) is 5.91 Å². The van der Waals surface area contributed by atoms with Crippen LogP contribution in [-0.2, 0) is 6.54 Å². The van der Waals surface area contributed by atoms with Crippen LogP contribution in [0.15, 0.2) is 40.2 Å². The zero-order valence-corrected chi connectivity index (χ0v) is 13.3. The fourth-order valence-electron chi connectivity index (χ4n) is 1.74. The number of nitrogens with one attached hydrogen (secondary N) is 1. The number of hydrogen-bond donors (Lipinski definition) is 1. The molecule has 1 aromatic heterocycles. The number of halogens is 1. The van der Waals surface area contributed by atoms with Crippen molar-refractivity contribution in [3.63, 3.8) is 0 Å². The first-order valence-electron chi connectivity index (χ1n) is 6.17. The van der Waals surface area contributed by atoms with Crippen molar-refractivity contribution in [1.82, 2.24) is 5.32 Å². The van der Waals surface area contributed by atoms with Gasteiger partial charge in [-0.2, -0.15) is 0 Å². The van der Waals surface area contributed by atoms with Gasteiger partial charge in [0.15, 0.2) is 0 Å². The average molecular weight is 338 g/mol. The SMILES string of the molecule is CC(C)c1ccc(C(=O)NCc2cc(Br)cs2)cc1. The van der Waals surface area contributed by atoms with E-state index < -0.39 is 0 Å². The van der Waals surface area contributed by atoms with Crippen LogP contribution < -0.4 is 5.32 Å². The third-order valence-corrected chi connectivity index (χ3v) is 4.58. The fraction of sp³-hybridized carbons (Fsp3) is 0.267. The summed E-state index contributed by atoms with van der Waals surface area (Å²) in [6.45, 7) is 4.86. The number of hydrogen-bond acceptors (Lipinski definition) is 2. The van der Waals surface area contributed by atoms with Gasteiger partial charge in [-0.05, 0) is 45.6 Å². The summed E-state index contributed by atoms with van der Waals surface area (Å²) in [5.41, 5.74) is 1.96. The maximum absolute atomic E-state index is 12.0. The smallest absolute Gasteiger partial charge is 0.251 e. The Kier molecular flexibility index (Phi) is 4.77. The Morgan fingerprint density at radius 1 is 1.32 bits per heavy atom. The lowest BCUT2D eigenvalue weighted by molar-refractivity contribution is 0.0951. The van der Waals surface area contributed by atoms with Crippen molar-refractivity contribution in [2.24, 2.45) is 0 Å². The Labute approximate surface area is 126 Å². The summed E-state index contributed by atoms with van der Waals surface area (Å²) in [5.74, 6) is 0.459. The Morgan fingerprint density at radius 2 is 2.00 bits per heavy atom. The van der Waals surface area contributed by atoms with Gasteiger partial charge in [0, 0.05) is 20.3 Å². The van der Waals surface area contributed by atoms with Crippen LogP contribution in [0.4, 0.5) is 0 Å². The topological polar surface area (TPSA) is 29.1 Å². The van der Waals surface area contributed by atoms with Gasteiger partial charge in [0.05, 0.1) is 6.54 Å². The Bertz CT molecular complexity index is 560. The van der Waals surface area contributed by atoms with Gasteiger partial charge in [0.1, 0.15) is 0 Å².